The molecule has 2 aliphatic rings. The highest BCUT2D eigenvalue weighted by Crippen LogP contribution is 2.42. The van der Waals surface area contributed by atoms with E-state index in [1.165, 1.54) is 12.0 Å². The zero-order chi connectivity index (χ0) is 8.84. The molecule has 2 aliphatic heterocycles. The van der Waals surface area contributed by atoms with Gasteiger partial charge in [0.25, 0.3) is 0 Å². The highest BCUT2D eigenvalue weighted by molar-refractivity contribution is 5.41. The Balaban J connectivity index is 2.02. The number of benzene rings is 1. The lowest BCUT2D eigenvalue weighted by Gasteiger charge is -2.09. The Bertz CT molecular complexity index is 337. The lowest BCUT2D eigenvalue weighted by atomic mass is 9.97. The number of rotatable bonds is 0. The Morgan fingerprint density at radius 1 is 1.38 bits per heavy atom. The topological polar surface area (TPSA) is 21.3 Å². The second-order valence-corrected chi connectivity index (χ2v) is 3.99. The van der Waals surface area contributed by atoms with Crippen LogP contribution < -0.4 is 10.1 Å². The molecule has 2 nitrogen and oxygen atoms in total. The molecule has 1 aromatic rings. The molecule has 1 aromatic carbocycles. The van der Waals surface area contributed by atoms with Crippen LogP contribution in [0.4, 0.5) is 0 Å². The minimum Gasteiger partial charge on any atom is -0.474 e. The molecule has 13 heavy (non-hydrogen) atoms. The largest absolute Gasteiger partial charge is 0.474 e. The fourth-order valence-corrected chi connectivity index (χ4v) is 2.41. The van der Waals surface area contributed by atoms with Gasteiger partial charge in [0.05, 0.1) is 0 Å². The fourth-order valence-electron chi connectivity index (χ4n) is 2.41. The minimum atomic E-state index is 0.229. The molecule has 2 heteroatoms. The van der Waals surface area contributed by atoms with E-state index in [9.17, 15) is 0 Å². The first kappa shape index (κ1) is 7.39. The summed E-state index contributed by atoms with van der Waals surface area (Å²) in [5.74, 6) is 1.64. The van der Waals surface area contributed by atoms with Crippen LogP contribution >= 0.6 is 0 Å². The van der Waals surface area contributed by atoms with Gasteiger partial charge in [0.15, 0.2) is 6.23 Å². The van der Waals surface area contributed by atoms with E-state index in [1.807, 2.05) is 6.07 Å². The van der Waals surface area contributed by atoms with Crippen LogP contribution in [-0.2, 0) is 0 Å². The molecular formula is C11H13NO. The smallest absolute Gasteiger partial charge is 0.157 e. The third-order valence-electron chi connectivity index (χ3n) is 2.99. The molecule has 3 atom stereocenters. The van der Waals surface area contributed by atoms with Crippen molar-refractivity contribution in [1.82, 2.24) is 5.32 Å². The van der Waals surface area contributed by atoms with E-state index < -0.39 is 0 Å². The van der Waals surface area contributed by atoms with Gasteiger partial charge in [-0.25, -0.2) is 0 Å². The molecular weight excluding hydrogens is 162 g/mol. The lowest BCUT2D eigenvalue weighted by Crippen LogP contribution is -2.31. The van der Waals surface area contributed by atoms with Crippen LogP contribution in [0.1, 0.15) is 24.8 Å². The first-order valence-electron chi connectivity index (χ1n) is 4.86. The Hall–Kier alpha value is -1.02. The summed E-state index contributed by atoms with van der Waals surface area (Å²) in [7, 11) is 0. The van der Waals surface area contributed by atoms with Crippen LogP contribution in [0.2, 0.25) is 0 Å². The Kier molecular flexibility index (Phi) is 1.41. The van der Waals surface area contributed by atoms with Gasteiger partial charge in [-0.15, -0.1) is 0 Å². The quantitative estimate of drug-likeness (QED) is 0.650. The number of para-hydroxylation sites is 1. The van der Waals surface area contributed by atoms with Crippen molar-refractivity contribution in [3.05, 3.63) is 29.8 Å². The third-order valence-corrected chi connectivity index (χ3v) is 2.99. The van der Waals surface area contributed by atoms with Gasteiger partial charge < -0.3 is 4.74 Å². The lowest BCUT2D eigenvalue weighted by molar-refractivity contribution is 0.196. The second kappa shape index (κ2) is 2.48. The van der Waals surface area contributed by atoms with Crippen LogP contribution in [0.3, 0.4) is 0 Å². The molecule has 3 unspecified atom stereocenters. The molecule has 0 aromatic heterocycles. The average molecular weight is 175 g/mol. The molecule has 3 rings (SSSR count). The summed E-state index contributed by atoms with van der Waals surface area (Å²) < 4.78 is 5.79. The molecule has 2 heterocycles. The average Bonchev–Trinajstić information content (AvgIpc) is 2.60. The van der Waals surface area contributed by atoms with Crippen LogP contribution in [0.15, 0.2) is 24.3 Å². The molecule has 0 amide bonds. The number of hydrogen-bond donors (Lipinski definition) is 1. The summed E-state index contributed by atoms with van der Waals surface area (Å²) in [6.07, 6.45) is 1.43. The summed E-state index contributed by atoms with van der Waals surface area (Å²) in [6.45, 7) is 2.21. The first-order chi connectivity index (χ1) is 6.34. The van der Waals surface area contributed by atoms with Crippen molar-refractivity contribution in [2.75, 3.05) is 0 Å². The zero-order valence-corrected chi connectivity index (χ0v) is 7.66. The van der Waals surface area contributed by atoms with Crippen molar-refractivity contribution in [3.63, 3.8) is 0 Å². The summed E-state index contributed by atoms with van der Waals surface area (Å²) in [5, 5.41) is 3.44. The second-order valence-electron chi connectivity index (χ2n) is 3.99. The van der Waals surface area contributed by atoms with E-state index in [2.05, 4.69) is 30.4 Å². The predicted molar refractivity (Wildman–Crippen MR) is 50.8 cm³/mol. The molecule has 0 radical (unpaired) electrons. The van der Waals surface area contributed by atoms with Gasteiger partial charge >= 0.3 is 0 Å². The van der Waals surface area contributed by atoms with Gasteiger partial charge in [0, 0.05) is 17.5 Å². The Morgan fingerprint density at radius 2 is 2.23 bits per heavy atom. The van der Waals surface area contributed by atoms with Crippen molar-refractivity contribution in [2.45, 2.75) is 31.5 Å². The molecule has 0 aliphatic carbocycles. The van der Waals surface area contributed by atoms with Crippen molar-refractivity contribution >= 4 is 0 Å². The maximum absolute atomic E-state index is 5.79. The van der Waals surface area contributed by atoms with E-state index in [0.717, 1.165) is 5.75 Å². The van der Waals surface area contributed by atoms with Gasteiger partial charge in [-0.1, -0.05) is 18.2 Å². The van der Waals surface area contributed by atoms with Gasteiger partial charge in [0.1, 0.15) is 5.75 Å². The molecule has 68 valence electrons. The summed E-state index contributed by atoms with van der Waals surface area (Å²) in [6, 6.07) is 8.94. The van der Waals surface area contributed by atoms with Gasteiger partial charge in [-0.2, -0.15) is 0 Å². The number of nitrogens with one attached hydrogen (secondary N) is 1. The van der Waals surface area contributed by atoms with E-state index in [0.29, 0.717) is 12.0 Å². The Labute approximate surface area is 77.9 Å². The van der Waals surface area contributed by atoms with Gasteiger partial charge in [0.2, 0.25) is 0 Å². The normalized spacial score (nSPS) is 35.3. The van der Waals surface area contributed by atoms with Crippen LogP contribution in [0.5, 0.6) is 5.75 Å². The molecule has 0 saturated carbocycles. The maximum Gasteiger partial charge on any atom is 0.157 e. The molecule has 1 N–H and O–H groups in total. The zero-order valence-electron chi connectivity index (χ0n) is 7.66. The molecule has 0 bridgehead atoms. The molecule has 1 fully saturated rings. The molecule has 0 spiro atoms. The van der Waals surface area contributed by atoms with Crippen LogP contribution in [0.25, 0.3) is 0 Å². The minimum absolute atomic E-state index is 0.229. The van der Waals surface area contributed by atoms with E-state index in [4.69, 9.17) is 4.74 Å². The number of fused-ring (bicyclic) bond motifs is 3. The van der Waals surface area contributed by atoms with Crippen molar-refractivity contribution in [1.29, 1.82) is 0 Å². The van der Waals surface area contributed by atoms with E-state index in [-0.39, 0.29) is 6.23 Å². The summed E-state index contributed by atoms with van der Waals surface area (Å²) >= 11 is 0. The predicted octanol–water partition coefficient (Wildman–Crippen LogP) is 1.87. The summed E-state index contributed by atoms with van der Waals surface area (Å²) in [5.41, 5.74) is 1.38. The highest BCUT2D eigenvalue weighted by atomic mass is 16.5. The fraction of sp³-hybridized carbons (Fsp3) is 0.455. The van der Waals surface area contributed by atoms with E-state index in [1.54, 1.807) is 0 Å². The van der Waals surface area contributed by atoms with E-state index >= 15 is 0 Å². The van der Waals surface area contributed by atoms with Crippen molar-refractivity contribution < 1.29 is 4.74 Å². The van der Waals surface area contributed by atoms with Crippen molar-refractivity contribution in [3.8, 4) is 5.75 Å². The highest BCUT2D eigenvalue weighted by Gasteiger charge is 2.40. The standard InChI is InChI=1S/C11H13NO/c1-7-6-9-8-4-2-3-5-10(8)13-11(9)12-7/h2-5,7,9,11-12H,6H2,1H3. The number of hydrogen-bond acceptors (Lipinski definition) is 2. The van der Waals surface area contributed by atoms with Gasteiger partial charge in [-0.05, 0) is 19.4 Å². The van der Waals surface area contributed by atoms with Crippen LogP contribution in [-0.4, -0.2) is 12.3 Å². The Morgan fingerprint density at radius 3 is 3.15 bits per heavy atom. The maximum atomic E-state index is 5.79. The molecule has 1 saturated heterocycles. The first-order valence-corrected chi connectivity index (χ1v) is 4.86. The third kappa shape index (κ3) is 0.985. The van der Waals surface area contributed by atoms with Gasteiger partial charge in [-0.3, -0.25) is 5.32 Å². The summed E-state index contributed by atoms with van der Waals surface area (Å²) in [4.78, 5) is 0. The van der Waals surface area contributed by atoms with Crippen LogP contribution in [0, 0.1) is 0 Å². The number of ether oxygens (including phenoxy) is 1. The SMILES string of the molecule is CC1CC2c3ccccc3OC2N1. The monoisotopic (exact) mass is 175 g/mol. The van der Waals surface area contributed by atoms with Crippen molar-refractivity contribution in [2.24, 2.45) is 0 Å².